The molecule has 3 atom stereocenters. The van der Waals surface area contributed by atoms with Crippen LogP contribution in [-0.2, 0) is 0 Å². The summed E-state index contributed by atoms with van der Waals surface area (Å²) in [6.07, 6.45) is 3.53. The lowest BCUT2D eigenvalue weighted by atomic mass is 10.0. The number of likely N-dealkylation sites (tertiary alicyclic amines) is 1. The molecule has 0 radical (unpaired) electrons. The van der Waals surface area contributed by atoms with Crippen molar-refractivity contribution in [2.24, 2.45) is 5.92 Å². The van der Waals surface area contributed by atoms with Crippen LogP contribution in [0.25, 0.3) is 0 Å². The topological polar surface area (TPSA) is 44.4 Å². The highest BCUT2D eigenvalue weighted by molar-refractivity contribution is 5.97. The molecular weight excluding hydrogens is 369 g/mol. The van der Waals surface area contributed by atoms with E-state index in [1.807, 2.05) is 12.1 Å². The minimum Gasteiger partial charge on any atom is -0.382 e. The molecule has 4 nitrogen and oxygen atoms in total. The number of nitrogens with one attached hydrogen (secondary N) is 2. The molecule has 0 aliphatic carbocycles. The molecule has 6 heteroatoms. The van der Waals surface area contributed by atoms with Crippen LogP contribution in [0.3, 0.4) is 0 Å². The number of nitrogens with zero attached hydrogens (tertiary/aromatic N) is 1. The molecule has 0 spiro atoms. The SMILES string of the molecule is Cc1c(NC(C)C(C)C)cccc1C(=O)N1CCC2CCC(C1)N2.Cl.Cl. The van der Waals surface area contributed by atoms with E-state index in [-0.39, 0.29) is 30.7 Å². The van der Waals surface area contributed by atoms with E-state index in [1.165, 1.54) is 12.8 Å². The van der Waals surface area contributed by atoms with Crippen molar-refractivity contribution in [1.82, 2.24) is 10.2 Å². The van der Waals surface area contributed by atoms with E-state index >= 15 is 0 Å². The first-order valence-electron chi connectivity index (χ1n) is 9.37. The Morgan fingerprint density at radius 3 is 2.54 bits per heavy atom. The van der Waals surface area contributed by atoms with Gasteiger partial charge in [-0.1, -0.05) is 19.9 Å². The Hall–Kier alpha value is -0.970. The number of hydrogen-bond donors (Lipinski definition) is 2. The molecule has 2 saturated heterocycles. The maximum absolute atomic E-state index is 13.1. The van der Waals surface area contributed by atoms with Crippen molar-refractivity contribution in [2.75, 3.05) is 18.4 Å². The van der Waals surface area contributed by atoms with Gasteiger partial charge in [-0.25, -0.2) is 0 Å². The number of carbonyl (C=O) groups is 1. The van der Waals surface area contributed by atoms with Gasteiger partial charge in [0.15, 0.2) is 0 Å². The van der Waals surface area contributed by atoms with Crippen LogP contribution < -0.4 is 10.6 Å². The van der Waals surface area contributed by atoms with Crippen molar-refractivity contribution >= 4 is 36.4 Å². The number of fused-ring (bicyclic) bond motifs is 2. The Kier molecular flexibility index (Phi) is 8.71. The van der Waals surface area contributed by atoms with Crippen molar-refractivity contribution in [2.45, 2.75) is 65.1 Å². The van der Waals surface area contributed by atoms with Gasteiger partial charge in [-0.05, 0) is 56.7 Å². The number of hydrogen-bond acceptors (Lipinski definition) is 3. The van der Waals surface area contributed by atoms with E-state index in [2.05, 4.69) is 49.3 Å². The molecule has 1 aromatic rings. The zero-order chi connectivity index (χ0) is 17.3. The van der Waals surface area contributed by atoms with Gasteiger partial charge in [0.1, 0.15) is 0 Å². The van der Waals surface area contributed by atoms with Gasteiger partial charge in [0.05, 0.1) is 0 Å². The highest BCUT2D eigenvalue weighted by Crippen LogP contribution is 2.25. The summed E-state index contributed by atoms with van der Waals surface area (Å²) in [6, 6.07) is 7.51. The molecule has 0 saturated carbocycles. The molecule has 2 aliphatic heterocycles. The summed E-state index contributed by atoms with van der Waals surface area (Å²) >= 11 is 0. The van der Waals surface area contributed by atoms with Crippen LogP contribution in [0.2, 0.25) is 0 Å². The van der Waals surface area contributed by atoms with Crippen molar-refractivity contribution in [3.8, 4) is 0 Å². The first-order chi connectivity index (χ1) is 11.5. The van der Waals surface area contributed by atoms with E-state index in [0.29, 0.717) is 24.0 Å². The quantitative estimate of drug-likeness (QED) is 0.791. The maximum atomic E-state index is 13.1. The minimum absolute atomic E-state index is 0. The van der Waals surface area contributed by atoms with Gasteiger partial charge in [-0.2, -0.15) is 0 Å². The van der Waals surface area contributed by atoms with E-state index < -0.39 is 0 Å². The standard InChI is InChI=1S/C20H31N3O.2ClH/c1-13(2)15(4)21-19-7-5-6-18(14(19)3)20(24)23-11-10-16-8-9-17(12-23)22-16;;/h5-7,13,15-17,21-22H,8-12H2,1-4H3;2*1H. The van der Waals surface area contributed by atoms with Crippen molar-refractivity contribution < 1.29 is 4.79 Å². The van der Waals surface area contributed by atoms with Crippen LogP contribution in [0.5, 0.6) is 0 Å². The summed E-state index contributed by atoms with van der Waals surface area (Å²) < 4.78 is 0. The molecule has 2 aliphatic rings. The number of rotatable bonds is 4. The molecule has 1 aromatic carbocycles. The number of benzene rings is 1. The average Bonchev–Trinajstić information content (AvgIpc) is 2.87. The van der Waals surface area contributed by atoms with Gasteiger partial charge in [-0.15, -0.1) is 24.8 Å². The molecule has 26 heavy (non-hydrogen) atoms. The van der Waals surface area contributed by atoms with E-state index in [0.717, 1.165) is 36.3 Å². The van der Waals surface area contributed by atoms with E-state index in [9.17, 15) is 4.79 Å². The van der Waals surface area contributed by atoms with Crippen LogP contribution in [0.15, 0.2) is 18.2 Å². The van der Waals surface area contributed by atoms with Crippen LogP contribution in [0, 0.1) is 12.8 Å². The number of carbonyl (C=O) groups excluding carboxylic acids is 1. The second kappa shape index (κ2) is 9.82. The molecule has 2 bridgehead atoms. The molecule has 3 unspecified atom stereocenters. The van der Waals surface area contributed by atoms with Gasteiger partial charge >= 0.3 is 0 Å². The molecule has 0 aromatic heterocycles. The largest absolute Gasteiger partial charge is 0.382 e. The van der Waals surface area contributed by atoms with Crippen molar-refractivity contribution in [1.29, 1.82) is 0 Å². The molecule has 2 fully saturated rings. The second-order valence-electron chi connectivity index (χ2n) is 7.83. The summed E-state index contributed by atoms with van der Waals surface area (Å²) in [4.78, 5) is 15.1. The Balaban J connectivity index is 0.00000169. The third-order valence-electron chi connectivity index (χ3n) is 5.76. The van der Waals surface area contributed by atoms with Gasteiger partial charge in [-0.3, -0.25) is 4.79 Å². The molecule has 3 rings (SSSR count). The molecule has 2 N–H and O–H groups in total. The summed E-state index contributed by atoms with van der Waals surface area (Å²) in [7, 11) is 0. The van der Waals surface area contributed by atoms with Crippen LogP contribution in [0.4, 0.5) is 5.69 Å². The Bertz CT molecular complexity index is 609. The second-order valence-corrected chi connectivity index (χ2v) is 7.83. The third kappa shape index (κ3) is 5.05. The lowest BCUT2D eigenvalue weighted by Gasteiger charge is -2.26. The maximum Gasteiger partial charge on any atom is 0.254 e. The van der Waals surface area contributed by atoms with Gasteiger partial charge in [0.2, 0.25) is 0 Å². The summed E-state index contributed by atoms with van der Waals surface area (Å²) in [6.45, 7) is 10.4. The van der Waals surface area contributed by atoms with Crippen LogP contribution >= 0.6 is 24.8 Å². The van der Waals surface area contributed by atoms with E-state index in [1.54, 1.807) is 0 Å². The monoisotopic (exact) mass is 401 g/mol. The van der Waals surface area contributed by atoms with Crippen molar-refractivity contribution in [3.05, 3.63) is 29.3 Å². The fourth-order valence-corrected chi connectivity index (χ4v) is 3.73. The fraction of sp³-hybridized carbons (Fsp3) is 0.650. The molecule has 2 heterocycles. The highest BCUT2D eigenvalue weighted by Gasteiger charge is 2.31. The predicted molar refractivity (Wildman–Crippen MR) is 114 cm³/mol. The first kappa shape index (κ1) is 23.1. The number of amides is 1. The molecule has 148 valence electrons. The normalized spacial score (nSPS) is 22.9. The van der Waals surface area contributed by atoms with Crippen molar-refractivity contribution in [3.63, 3.8) is 0 Å². The number of halogens is 2. The Morgan fingerprint density at radius 1 is 1.15 bits per heavy atom. The first-order valence-corrected chi connectivity index (χ1v) is 9.37. The minimum atomic E-state index is 0. The Labute approximate surface area is 170 Å². The van der Waals surface area contributed by atoms with Crippen LogP contribution in [0.1, 0.15) is 56.0 Å². The zero-order valence-electron chi connectivity index (χ0n) is 16.2. The highest BCUT2D eigenvalue weighted by atomic mass is 35.5. The average molecular weight is 402 g/mol. The third-order valence-corrected chi connectivity index (χ3v) is 5.76. The zero-order valence-corrected chi connectivity index (χ0v) is 17.9. The summed E-state index contributed by atoms with van der Waals surface area (Å²) in [5, 5.41) is 7.21. The van der Waals surface area contributed by atoms with Gasteiger partial charge in [0, 0.05) is 42.5 Å². The summed E-state index contributed by atoms with van der Waals surface area (Å²) in [5.41, 5.74) is 2.99. The number of anilines is 1. The molecule has 1 amide bonds. The lowest BCUT2D eigenvalue weighted by molar-refractivity contribution is 0.0747. The smallest absolute Gasteiger partial charge is 0.254 e. The van der Waals surface area contributed by atoms with Gasteiger partial charge < -0.3 is 15.5 Å². The van der Waals surface area contributed by atoms with E-state index in [4.69, 9.17) is 0 Å². The predicted octanol–water partition coefficient (Wildman–Crippen LogP) is 4.26. The molecular formula is C20H33Cl2N3O. The Morgan fingerprint density at radius 2 is 1.85 bits per heavy atom. The lowest BCUT2D eigenvalue weighted by Crippen LogP contribution is -2.39. The van der Waals surface area contributed by atoms with Gasteiger partial charge in [0.25, 0.3) is 5.91 Å². The fourth-order valence-electron chi connectivity index (χ4n) is 3.73. The summed E-state index contributed by atoms with van der Waals surface area (Å²) in [5.74, 6) is 0.735. The van der Waals surface area contributed by atoms with Crippen LogP contribution in [-0.4, -0.2) is 42.0 Å².